The molecule has 0 spiro atoms. The van der Waals surface area contributed by atoms with Crippen molar-refractivity contribution in [3.8, 4) is 0 Å². The molecule has 0 fully saturated rings. The Bertz CT molecular complexity index is 211. The van der Waals surface area contributed by atoms with E-state index in [2.05, 4.69) is 19.1 Å². The van der Waals surface area contributed by atoms with E-state index < -0.39 is 0 Å². The zero-order valence-electron chi connectivity index (χ0n) is 7.13. The van der Waals surface area contributed by atoms with Gasteiger partial charge in [0.1, 0.15) is 0 Å². The normalized spacial score (nSPS) is 23.1. The van der Waals surface area contributed by atoms with Gasteiger partial charge in [-0.25, -0.2) is 0 Å². The molecule has 1 heteroatoms. The van der Waals surface area contributed by atoms with Crippen LogP contribution in [0.4, 0.5) is 0 Å². The van der Waals surface area contributed by atoms with Gasteiger partial charge in [-0.15, -0.1) is 0 Å². The number of hydrogen-bond donors (Lipinski definition) is 0. The summed E-state index contributed by atoms with van der Waals surface area (Å²) in [5.41, 5.74) is 0.895. The van der Waals surface area contributed by atoms with Crippen molar-refractivity contribution in [2.24, 2.45) is 5.92 Å². The molecule has 1 rings (SSSR count). The Morgan fingerprint density at radius 2 is 2.45 bits per heavy atom. The van der Waals surface area contributed by atoms with Gasteiger partial charge in [-0.3, -0.25) is 4.79 Å². The molecule has 0 saturated carbocycles. The summed E-state index contributed by atoms with van der Waals surface area (Å²) in [7, 11) is 0. The van der Waals surface area contributed by atoms with Crippen molar-refractivity contribution in [3.63, 3.8) is 0 Å². The van der Waals surface area contributed by atoms with Crippen LogP contribution >= 0.6 is 0 Å². The van der Waals surface area contributed by atoms with Crippen LogP contribution in [0.1, 0.15) is 26.7 Å². The van der Waals surface area contributed by atoms with Crippen LogP contribution in [-0.4, -0.2) is 5.78 Å². The molecule has 0 N–H and O–H groups in total. The van der Waals surface area contributed by atoms with E-state index >= 15 is 0 Å². The maximum atomic E-state index is 11.2. The van der Waals surface area contributed by atoms with Gasteiger partial charge in [-0.1, -0.05) is 32.1 Å². The lowest BCUT2D eigenvalue weighted by atomic mass is 9.95. The lowest BCUT2D eigenvalue weighted by Gasteiger charge is -2.09. The molecule has 0 heterocycles. The maximum Gasteiger partial charge on any atom is 0.162 e. The lowest BCUT2D eigenvalue weighted by Crippen LogP contribution is -2.03. The van der Waals surface area contributed by atoms with Crippen LogP contribution in [0.3, 0.4) is 0 Å². The minimum absolute atomic E-state index is 0.257. The van der Waals surface area contributed by atoms with E-state index in [9.17, 15) is 4.79 Å². The number of Topliss-reactive ketones (excluding diaryl/α,β-unsaturated/α-hetero) is 1. The number of rotatable bonds is 2. The Labute approximate surface area is 67.8 Å². The lowest BCUT2D eigenvalue weighted by molar-refractivity contribution is -0.115. The van der Waals surface area contributed by atoms with Crippen LogP contribution in [0.2, 0.25) is 0 Å². The highest BCUT2D eigenvalue weighted by molar-refractivity contribution is 5.97. The molecular formula is C10H14O. The predicted octanol–water partition coefficient (Wildman–Crippen LogP) is 2.49. The Hall–Kier alpha value is -0.850. The quantitative estimate of drug-likeness (QED) is 0.591. The van der Waals surface area contributed by atoms with Gasteiger partial charge in [0, 0.05) is 12.0 Å². The van der Waals surface area contributed by atoms with Gasteiger partial charge >= 0.3 is 0 Å². The van der Waals surface area contributed by atoms with Crippen LogP contribution in [0.25, 0.3) is 0 Å². The third-order valence-corrected chi connectivity index (χ3v) is 1.91. The molecule has 11 heavy (non-hydrogen) atoms. The van der Waals surface area contributed by atoms with Crippen molar-refractivity contribution in [1.29, 1.82) is 0 Å². The van der Waals surface area contributed by atoms with Crippen LogP contribution in [0.15, 0.2) is 23.8 Å². The number of allylic oxidation sites excluding steroid dienone is 4. The standard InChI is InChI=1S/C10H14O/c1-3-10(11)9-6-4-5-8(2)7-9/h4,6-8H,3,5H2,1-2H3. The Morgan fingerprint density at radius 3 is 3.00 bits per heavy atom. The van der Waals surface area contributed by atoms with Gasteiger partial charge in [-0.2, -0.15) is 0 Å². The maximum absolute atomic E-state index is 11.2. The van der Waals surface area contributed by atoms with E-state index in [1.165, 1.54) is 0 Å². The Morgan fingerprint density at radius 1 is 1.73 bits per heavy atom. The summed E-state index contributed by atoms with van der Waals surface area (Å²) in [4.78, 5) is 11.2. The zero-order valence-corrected chi connectivity index (χ0v) is 7.13. The van der Waals surface area contributed by atoms with Crippen LogP contribution < -0.4 is 0 Å². The fourth-order valence-corrected chi connectivity index (χ4v) is 1.23. The second-order valence-electron chi connectivity index (χ2n) is 3.01. The first-order valence-electron chi connectivity index (χ1n) is 4.15. The fraction of sp³-hybridized carbons (Fsp3) is 0.500. The highest BCUT2D eigenvalue weighted by Crippen LogP contribution is 2.16. The second-order valence-corrected chi connectivity index (χ2v) is 3.01. The van der Waals surface area contributed by atoms with Gasteiger partial charge in [0.15, 0.2) is 5.78 Å². The Kier molecular flexibility index (Phi) is 2.64. The molecule has 0 bridgehead atoms. The van der Waals surface area contributed by atoms with Crippen LogP contribution in [-0.2, 0) is 4.79 Å². The van der Waals surface area contributed by atoms with Gasteiger partial charge < -0.3 is 0 Å². The summed E-state index contributed by atoms with van der Waals surface area (Å²) in [5, 5.41) is 0. The highest BCUT2D eigenvalue weighted by Gasteiger charge is 2.08. The summed E-state index contributed by atoms with van der Waals surface area (Å²) in [5.74, 6) is 0.790. The molecule has 0 aromatic carbocycles. The fourth-order valence-electron chi connectivity index (χ4n) is 1.23. The number of hydrogen-bond acceptors (Lipinski definition) is 1. The molecular weight excluding hydrogens is 136 g/mol. The molecule has 1 unspecified atom stereocenters. The van der Waals surface area contributed by atoms with Gasteiger partial charge in [0.25, 0.3) is 0 Å². The van der Waals surface area contributed by atoms with E-state index in [0.29, 0.717) is 12.3 Å². The molecule has 1 aliphatic rings. The summed E-state index contributed by atoms with van der Waals surface area (Å²) < 4.78 is 0. The minimum atomic E-state index is 0.257. The summed E-state index contributed by atoms with van der Waals surface area (Å²) in [6.45, 7) is 4.03. The van der Waals surface area contributed by atoms with Crippen molar-refractivity contribution < 1.29 is 4.79 Å². The SMILES string of the molecule is CCC(=O)C1=CC(C)CC=C1. The predicted molar refractivity (Wildman–Crippen MR) is 46.3 cm³/mol. The average molecular weight is 150 g/mol. The first-order chi connectivity index (χ1) is 5.24. The third-order valence-electron chi connectivity index (χ3n) is 1.91. The van der Waals surface area contributed by atoms with Crippen molar-refractivity contribution in [2.75, 3.05) is 0 Å². The summed E-state index contributed by atoms with van der Waals surface area (Å²) in [6, 6.07) is 0. The topological polar surface area (TPSA) is 17.1 Å². The van der Waals surface area contributed by atoms with E-state index in [0.717, 1.165) is 12.0 Å². The van der Waals surface area contributed by atoms with Gasteiger partial charge in [-0.05, 0) is 12.3 Å². The second kappa shape index (κ2) is 3.51. The molecule has 1 aliphatic carbocycles. The van der Waals surface area contributed by atoms with Crippen molar-refractivity contribution in [2.45, 2.75) is 26.7 Å². The molecule has 0 aliphatic heterocycles. The number of carbonyl (C=O) groups excluding carboxylic acids is 1. The van der Waals surface area contributed by atoms with E-state index in [1.54, 1.807) is 0 Å². The molecule has 1 atom stereocenters. The van der Waals surface area contributed by atoms with Crippen LogP contribution in [0.5, 0.6) is 0 Å². The number of ketones is 1. The van der Waals surface area contributed by atoms with Crippen molar-refractivity contribution in [3.05, 3.63) is 23.8 Å². The largest absolute Gasteiger partial charge is 0.294 e. The molecule has 60 valence electrons. The van der Waals surface area contributed by atoms with Crippen LogP contribution in [0, 0.1) is 5.92 Å². The first-order valence-corrected chi connectivity index (χ1v) is 4.15. The zero-order chi connectivity index (χ0) is 8.27. The van der Waals surface area contributed by atoms with Gasteiger partial charge in [0.05, 0.1) is 0 Å². The highest BCUT2D eigenvalue weighted by atomic mass is 16.1. The van der Waals surface area contributed by atoms with E-state index in [4.69, 9.17) is 0 Å². The third kappa shape index (κ3) is 2.04. The summed E-state index contributed by atoms with van der Waals surface area (Å²) in [6.07, 6.45) is 7.76. The average Bonchev–Trinajstić information content (AvgIpc) is 2.03. The smallest absolute Gasteiger partial charge is 0.162 e. The Balaban J connectivity index is 2.71. The monoisotopic (exact) mass is 150 g/mol. The molecule has 0 aromatic heterocycles. The minimum Gasteiger partial charge on any atom is -0.294 e. The van der Waals surface area contributed by atoms with E-state index in [-0.39, 0.29) is 5.78 Å². The summed E-state index contributed by atoms with van der Waals surface area (Å²) >= 11 is 0. The van der Waals surface area contributed by atoms with Crippen molar-refractivity contribution in [1.82, 2.24) is 0 Å². The van der Waals surface area contributed by atoms with Gasteiger partial charge in [0.2, 0.25) is 0 Å². The molecule has 1 nitrogen and oxygen atoms in total. The van der Waals surface area contributed by atoms with E-state index in [1.807, 2.05) is 13.0 Å². The number of carbonyl (C=O) groups is 1. The first kappa shape index (κ1) is 8.25. The molecule has 0 amide bonds. The van der Waals surface area contributed by atoms with Crippen molar-refractivity contribution >= 4 is 5.78 Å². The molecule has 0 radical (unpaired) electrons. The molecule has 0 aromatic rings. The molecule has 0 saturated heterocycles.